The van der Waals surface area contributed by atoms with Gasteiger partial charge in [-0.05, 0) is 55.0 Å². The van der Waals surface area contributed by atoms with E-state index in [-0.39, 0.29) is 23.7 Å². The van der Waals surface area contributed by atoms with Gasteiger partial charge >= 0.3 is 0 Å². The summed E-state index contributed by atoms with van der Waals surface area (Å²) >= 11 is 6.70. The Labute approximate surface area is 196 Å². The van der Waals surface area contributed by atoms with Gasteiger partial charge in [-0.2, -0.15) is 0 Å². The van der Waals surface area contributed by atoms with Gasteiger partial charge in [0.2, 0.25) is 5.43 Å². The standard InChI is InChI=1S/C26H24ClN3O3/c1-3-28-15(2)30(29-12-11-22(31)24(32)23(29)25(28)33)26-17(13-16-7-4-5-8-19(16)26)14-18-20(26)9-6-10-21(18)27/h4-12,15,17,32H,3,13-14H2,1-2H3. The largest absolute Gasteiger partial charge is 0.502 e. The first-order valence-corrected chi connectivity index (χ1v) is 11.7. The maximum atomic E-state index is 13.4. The van der Waals surface area contributed by atoms with E-state index in [4.69, 9.17) is 11.6 Å². The van der Waals surface area contributed by atoms with E-state index in [0.29, 0.717) is 6.54 Å². The van der Waals surface area contributed by atoms with E-state index in [0.717, 1.165) is 29.0 Å². The fourth-order valence-corrected chi connectivity index (χ4v) is 6.73. The van der Waals surface area contributed by atoms with Crippen molar-refractivity contribution in [2.24, 2.45) is 5.92 Å². The highest BCUT2D eigenvalue weighted by Crippen LogP contribution is 2.58. The Balaban J connectivity index is 1.74. The highest BCUT2D eigenvalue weighted by atomic mass is 35.5. The molecule has 33 heavy (non-hydrogen) atoms. The molecular formula is C26H24ClN3O3. The van der Waals surface area contributed by atoms with Crippen molar-refractivity contribution in [3.63, 3.8) is 0 Å². The Morgan fingerprint density at radius 2 is 1.82 bits per heavy atom. The van der Waals surface area contributed by atoms with Crippen LogP contribution in [0.15, 0.2) is 59.5 Å². The molecule has 3 aromatic rings. The van der Waals surface area contributed by atoms with Gasteiger partial charge in [-0.1, -0.05) is 48.0 Å². The normalized spacial score (nSPS) is 25.0. The van der Waals surface area contributed by atoms with E-state index in [2.05, 4.69) is 29.3 Å². The Bertz CT molecular complexity index is 1380. The Morgan fingerprint density at radius 1 is 1.06 bits per heavy atom. The molecule has 3 atom stereocenters. The molecule has 7 heteroatoms. The molecular weight excluding hydrogens is 438 g/mol. The van der Waals surface area contributed by atoms with Gasteiger partial charge in [-0.3, -0.25) is 19.3 Å². The summed E-state index contributed by atoms with van der Waals surface area (Å²) in [6.45, 7) is 4.37. The van der Waals surface area contributed by atoms with Gasteiger partial charge < -0.3 is 10.0 Å². The molecule has 0 saturated carbocycles. The highest BCUT2D eigenvalue weighted by Gasteiger charge is 2.60. The van der Waals surface area contributed by atoms with Gasteiger partial charge in [0.15, 0.2) is 11.4 Å². The van der Waals surface area contributed by atoms with Crippen molar-refractivity contribution in [3.8, 4) is 5.75 Å². The van der Waals surface area contributed by atoms with Gasteiger partial charge in [-0.15, -0.1) is 0 Å². The predicted molar refractivity (Wildman–Crippen MR) is 126 cm³/mol. The van der Waals surface area contributed by atoms with Crippen LogP contribution in [0.4, 0.5) is 0 Å². The molecule has 2 aliphatic carbocycles. The number of benzene rings is 2. The third-order valence-corrected chi connectivity index (χ3v) is 8.08. The lowest BCUT2D eigenvalue weighted by Crippen LogP contribution is -2.67. The highest BCUT2D eigenvalue weighted by molar-refractivity contribution is 6.31. The third-order valence-electron chi connectivity index (χ3n) is 7.72. The maximum Gasteiger partial charge on any atom is 0.278 e. The zero-order valence-corrected chi connectivity index (χ0v) is 19.2. The molecule has 0 spiro atoms. The van der Waals surface area contributed by atoms with Crippen LogP contribution in [-0.2, 0) is 18.4 Å². The fourth-order valence-electron chi connectivity index (χ4n) is 6.48. The number of aromatic nitrogens is 1. The summed E-state index contributed by atoms with van der Waals surface area (Å²) in [7, 11) is 0. The molecule has 3 unspecified atom stereocenters. The fraction of sp³-hybridized carbons (Fsp3) is 0.308. The summed E-state index contributed by atoms with van der Waals surface area (Å²) in [4.78, 5) is 27.4. The lowest BCUT2D eigenvalue weighted by Gasteiger charge is -2.54. The molecule has 2 heterocycles. The van der Waals surface area contributed by atoms with E-state index < -0.39 is 16.7 Å². The van der Waals surface area contributed by atoms with Crippen LogP contribution in [-0.4, -0.2) is 33.3 Å². The number of amides is 1. The number of pyridine rings is 1. The van der Waals surface area contributed by atoms with Crippen molar-refractivity contribution in [3.05, 3.63) is 97.9 Å². The topological polar surface area (TPSA) is 65.8 Å². The smallest absolute Gasteiger partial charge is 0.278 e. The first-order chi connectivity index (χ1) is 15.9. The molecule has 1 N–H and O–H groups in total. The number of carbonyl (C=O) groups excluding carboxylic acids is 1. The van der Waals surface area contributed by atoms with Crippen molar-refractivity contribution in [1.82, 2.24) is 9.58 Å². The van der Waals surface area contributed by atoms with Crippen LogP contribution in [0, 0.1) is 5.92 Å². The molecule has 6 nitrogen and oxygen atoms in total. The van der Waals surface area contributed by atoms with E-state index in [1.54, 1.807) is 15.8 Å². The minimum Gasteiger partial charge on any atom is -0.502 e. The molecule has 6 rings (SSSR count). The monoisotopic (exact) mass is 461 g/mol. The van der Waals surface area contributed by atoms with Crippen LogP contribution >= 0.6 is 11.6 Å². The number of aromatic hydroxyl groups is 1. The number of fused-ring (bicyclic) bond motifs is 6. The van der Waals surface area contributed by atoms with E-state index in [9.17, 15) is 14.7 Å². The number of halogens is 1. The van der Waals surface area contributed by atoms with Crippen LogP contribution in [0.1, 0.15) is 46.6 Å². The first kappa shape index (κ1) is 20.4. The maximum absolute atomic E-state index is 13.4. The van der Waals surface area contributed by atoms with Crippen LogP contribution < -0.4 is 10.4 Å². The summed E-state index contributed by atoms with van der Waals surface area (Å²) in [5.41, 5.74) is 3.54. The van der Waals surface area contributed by atoms with E-state index in [1.165, 1.54) is 17.2 Å². The summed E-state index contributed by atoms with van der Waals surface area (Å²) in [6, 6.07) is 15.8. The van der Waals surface area contributed by atoms with Gasteiger partial charge in [0.1, 0.15) is 11.7 Å². The average molecular weight is 462 g/mol. The molecule has 3 aliphatic rings. The zero-order chi connectivity index (χ0) is 23.1. The lowest BCUT2D eigenvalue weighted by molar-refractivity contribution is 0.0531. The molecule has 168 valence electrons. The van der Waals surface area contributed by atoms with Gasteiger partial charge in [0.05, 0.1) is 0 Å². The second kappa shape index (κ2) is 6.87. The second-order valence-corrected chi connectivity index (χ2v) is 9.49. The summed E-state index contributed by atoms with van der Waals surface area (Å²) in [5, 5.41) is 13.6. The van der Waals surface area contributed by atoms with Crippen LogP contribution in [0.25, 0.3) is 0 Å². The van der Waals surface area contributed by atoms with Gasteiger partial charge in [0.25, 0.3) is 5.91 Å². The van der Waals surface area contributed by atoms with Crippen molar-refractivity contribution < 1.29 is 9.90 Å². The number of hydrogen-bond acceptors (Lipinski definition) is 4. The number of carbonyl (C=O) groups is 1. The summed E-state index contributed by atoms with van der Waals surface area (Å²) in [6.07, 6.45) is 2.99. The van der Waals surface area contributed by atoms with Crippen LogP contribution in [0.5, 0.6) is 5.75 Å². The number of nitrogens with zero attached hydrogens (tertiary/aromatic N) is 3. The van der Waals surface area contributed by atoms with Gasteiger partial charge in [0, 0.05) is 29.7 Å². The van der Waals surface area contributed by atoms with Crippen molar-refractivity contribution in [2.45, 2.75) is 38.4 Å². The summed E-state index contributed by atoms with van der Waals surface area (Å²) < 4.78 is 1.71. The molecule has 1 aromatic heterocycles. The van der Waals surface area contributed by atoms with Crippen molar-refractivity contribution >= 4 is 17.5 Å². The van der Waals surface area contributed by atoms with Gasteiger partial charge in [-0.25, -0.2) is 0 Å². The molecule has 0 radical (unpaired) electrons. The SMILES string of the molecule is CCN1C(=O)c2c(O)c(=O)ccn2N(C23c4ccccc4CC2Cc2c(Cl)cccc23)C1C. The van der Waals surface area contributed by atoms with Crippen molar-refractivity contribution in [1.29, 1.82) is 0 Å². The van der Waals surface area contributed by atoms with E-state index >= 15 is 0 Å². The molecule has 2 aromatic carbocycles. The molecule has 0 saturated heterocycles. The van der Waals surface area contributed by atoms with Crippen LogP contribution in [0.3, 0.4) is 0 Å². The molecule has 0 fully saturated rings. The first-order valence-electron chi connectivity index (χ1n) is 11.3. The zero-order valence-electron chi connectivity index (χ0n) is 18.5. The number of rotatable bonds is 2. The summed E-state index contributed by atoms with van der Waals surface area (Å²) in [5.74, 6) is -0.671. The second-order valence-electron chi connectivity index (χ2n) is 9.08. The molecule has 1 aliphatic heterocycles. The van der Waals surface area contributed by atoms with Crippen LogP contribution in [0.2, 0.25) is 5.02 Å². The van der Waals surface area contributed by atoms with E-state index in [1.807, 2.05) is 32.0 Å². The quantitative estimate of drug-likeness (QED) is 0.632. The van der Waals surface area contributed by atoms with Crippen molar-refractivity contribution in [2.75, 3.05) is 11.6 Å². The minimum absolute atomic E-state index is 0.00966. The predicted octanol–water partition coefficient (Wildman–Crippen LogP) is 3.64. The molecule has 0 bridgehead atoms. The minimum atomic E-state index is -0.597. The Hall–Kier alpha value is -3.25. The Morgan fingerprint density at radius 3 is 2.61 bits per heavy atom. The Kier molecular flexibility index (Phi) is 4.24. The average Bonchev–Trinajstić information content (AvgIpc) is 3.29. The third kappa shape index (κ3) is 2.39. The number of hydrogen-bond donors (Lipinski definition) is 1. The molecule has 1 amide bonds. The lowest BCUT2D eigenvalue weighted by atomic mass is 9.81.